The Bertz CT molecular complexity index is 1210. The molecule has 29 heavy (non-hydrogen) atoms. The maximum Gasteiger partial charge on any atom is 0.417 e. The number of alkyl halides is 3. The Labute approximate surface area is 167 Å². The molecule has 0 aliphatic rings. The topological polar surface area (TPSA) is 72.2 Å². The molecule has 148 valence electrons. The number of hydrogen-bond acceptors (Lipinski definition) is 5. The van der Waals surface area contributed by atoms with Crippen molar-refractivity contribution in [1.29, 1.82) is 0 Å². The van der Waals surface area contributed by atoms with E-state index in [4.69, 9.17) is 0 Å². The highest BCUT2D eigenvalue weighted by Crippen LogP contribution is 2.36. The standard InChI is InChI=1S/C19H14F3N5OS/c1-10-11(2)29-18(24-10)26-17(28)13-9-23-27-8-7-15(25-16(13)27)12-5-3-4-6-14(12)19(20,21)22/h3-9H,1-2H3,(H,24,26,28). The monoisotopic (exact) mass is 417 g/mol. The van der Waals surface area contributed by atoms with Crippen LogP contribution in [0.3, 0.4) is 0 Å². The van der Waals surface area contributed by atoms with Crippen LogP contribution in [0.15, 0.2) is 42.7 Å². The molecular weight excluding hydrogens is 403 g/mol. The molecule has 1 amide bonds. The van der Waals surface area contributed by atoms with E-state index in [1.54, 1.807) is 0 Å². The lowest BCUT2D eigenvalue weighted by molar-refractivity contribution is -0.137. The van der Waals surface area contributed by atoms with Gasteiger partial charge in [0.15, 0.2) is 10.8 Å². The van der Waals surface area contributed by atoms with Crippen LogP contribution in [0.25, 0.3) is 16.9 Å². The molecule has 4 aromatic rings. The van der Waals surface area contributed by atoms with Gasteiger partial charge in [0.05, 0.1) is 23.1 Å². The van der Waals surface area contributed by atoms with Crippen LogP contribution in [-0.4, -0.2) is 25.5 Å². The first-order valence-corrected chi connectivity index (χ1v) is 9.32. The molecule has 0 saturated heterocycles. The SMILES string of the molecule is Cc1nc(NC(=O)c2cnn3ccc(-c4ccccc4C(F)(F)F)nc23)sc1C. The fourth-order valence-corrected chi connectivity index (χ4v) is 3.63. The number of anilines is 1. The van der Waals surface area contributed by atoms with Gasteiger partial charge in [-0.05, 0) is 26.0 Å². The van der Waals surface area contributed by atoms with Gasteiger partial charge in [-0.3, -0.25) is 10.1 Å². The Morgan fingerprint density at radius 2 is 1.90 bits per heavy atom. The van der Waals surface area contributed by atoms with Crippen LogP contribution in [-0.2, 0) is 6.18 Å². The molecule has 0 fully saturated rings. The highest BCUT2D eigenvalue weighted by atomic mass is 32.1. The van der Waals surface area contributed by atoms with Crippen LogP contribution >= 0.6 is 11.3 Å². The maximum atomic E-state index is 13.4. The molecule has 0 atom stereocenters. The Morgan fingerprint density at radius 3 is 2.59 bits per heavy atom. The Hall–Kier alpha value is -3.27. The molecule has 0 unspecified atom stereocenters. The van der Waals surface area contributed by atoms with Gasteiger partial charge in [0.1, 0.15) is 5.56 Å². The highest BCUT2D eigenvalue weighted by molar-refractivity contribution is 7.15. The molecule has 0 radical (unpaired) electrons. The van der Waals surface area contributed by atoms with E-state index in [1.807, 2.05) is 13.8 Å². The minimum atomic E-state index is -4.52. The summed E-state index contributed by atoms with van der Waals surface area (Å²) in [4.78, 5) is 22.2. The normalized spacial score (nSPS) is 11.8. The first-order valence-electron chi connectivity index (χ1n) is 8.50. The summed E-state index contributed by atoms with van der Waals surface area (Å²) < 4.78 is 41.4. The molecule has 1 aromatic carbocycles. The minimum absolute atomic E-state index is 0.0683. The predicted octanol–water partition coefficient (Wildman–Crippen LogP) is 4.74. The second-order valence-electron chi connectivity index (χ2n) is 6.30. The minimum Gasteiger partial charge on any atom is -0.298 e. The summed E-state index contributed by atoms with van der Waals surface area (Å²) in [7, 11) is 0. The lowest BCUT2D eigenvalue weighted by Gasteiger charge is -2.12. The summed E-state index contributed by atoms with van der Waals surface area (Å²) in [6, 6.07) is 6.60. The Balaban J connectivity index is 1.75. The van der Waals surface area contributed by atoms with E-state index in [1.165, 1.54) is 52.5 Å². The van der Waals surface area contributed by atoms with E-state index in [-0.39, 0.29) is 22.5 Å². The van der Waals surface area contributed by atoms with Gasteiger partial charge >= 0.3 is 6.18 Å². The molecule has 0 spiro atoms. The molecule has 0 bridgehead atoms. The lowest BCUT2D eigenvalue weighted by Crippen LogP contribution is -2.12. The van der Waals surface area contributed by atoms with Gasteiger partial charge in [-0.1, -0.05) is 18.2 Å². The van der Waals surface area contributed by atoms with Gasteiger partial charge in [0.2, 0.25) is 0 Å². The van der Waals surface area contributed by atoms with Gasteiger partial charge in [-0.25, -0.2) is 14.5 Å². The zero-order valence-corrected chi connectivity index (χ0v) is 16.1. The number of carbonyl (C=O) groups excluding carboxylic acids is 1. The van der Waals surface area contributed by atoms with E-state index in [9.17, 15) is 18.0 Å². The van der Waals surface area contributed by atoms with Gasteiger partial charge in [0.25, 0.3) is 5.91 Å². The second-order valence-corrected chi connectivity index (χ2v) is 7.50. The Kier molecular flexibility index (Phi) is 4.58. The van der Waals surface area contributed by atoms with Crippen LogP contribution in [0.5, 0.6) is 0 Å². The molecule has 10 heteroatoms. The third-order valence-corrected chi connectivity index (χ3v) is 5.36. The summed E-state index contributed by atoms with van der Waals surface area (Å²) in [6.07, 6.45) is -1.73. The summed E-state index contributed by atoms with van der Waals surface area (Å²) in [6.45, 7) is 3.73. The highest BCUT2D eigenvalue weighted by Gasteiger charge is 2.33. The zero-order chi connectivity index (χ0) is 20.8. The Morgan fingerprint density at radius 1 is 1.14 bits per heavy atom. The fraction of sp³-hybridized carbons (Fsp3) is 0.158. The van der Waals surface area contributed by atoms with E-state index in [0.29, 0.717) is 5.13 Å². The van der Waals surface area contributed by atoms with Crippen LogP contribution in [0.4, 0.5) is 18.3 Å². The molecule has 0 aliphatic carbocycles. The summed E-state index contributed by atoms with van der Waals surface area (Å²) in [5, 5.41) is 7.19. The fourth-order valence-electron chi connectivity index (χ4n) is 2.82. The van der Waals surface area contributed by atoms with Crippen molar-refractivity contribution in [2.24, 2.45) is 0 Å². The predicted molar refractivity (Wildman–Crippen MR) is 103 cm³/mol. The maximum absolute atomic E-state index is 13.4. The van der Waals surface area contributed by atoms with Gasteiger partial charge in [-0.2, -0.15) is 18.3 Å². The summed E-state index contributed by atoms with van der Waals surface area (Å²) in [5.41, 5.74) is 0.344. The number of benzene rings is 1. The molecule has 6 nitrogen and oxygen atoms in total. The van der Waals surface area contributed by atoms with Crippen molar-refractivity contribution in [3.63, 3.8) is 0 Å². The van der Waals surface area contributed by atoms with Crippen LogP contribution in [0, 0.1) is 13.8 Å². The number of carbonyl (C=O) groups is 1. The smallest absolute Gasteiger partial charge is 0.298 e. The lowest BCUT2D eigenvalue weighted by atomic mass is 10.0. The van der Waals surface area contributed by atoms with E-state index >= 15 is 0 Å². The molecule has 1 N–H and O–H groups in total. The number of nitrogens with one attached hydrogen (secondary N) is 1. The number of hydrogen-bond donors (Lipinski definition) is 1. The molecule has 4 rings (SSSR count). The zero-order valence-electron chi connectivity index (χ0n) is 15.3. The van der Waals surface area contributed by atoms with Crippen LogP contribution in [0.1, 0.15) is 26.5 Å². The number of amides is 1. The first-order chi connectivity index (χ1) is 13.7. The van der Waals surface area contributed by atoms with Crippen molar-refractivity contribution >= 4 is 28.0 Å². The van der Waals surface area contributed by atoms with Gasteiger partial charge in [-0.15, -0.1) is 11.3 Å². The van der Waals surface area contributed by atoms with Gasteiger partial charge < -0.3 is 0 Å². The average molecular weight is 417 g/mol. The number of aromatic nitrogens is 4. The van der Waals surface area contributed by atoms with Crippen LogP contribution in [0.2, 0.25) is 0 Å². The van der Waals surface area contributed by atoms with Crippen molar-refractivity contribution < 1.29 is 18.0 Å². The van der Waals surface area contributed by atoms with E-state index in [2.05, 4.69) is 20.4 Å². The molecule has 3 heterocycles. The van der Waals surface area contributed by atoms with E-state index < -0.39 is 17.6 Å². The molecule has 0 aliphatic heterocycles. The first kappa shape index (κ1) is 19.1. The summed E-state index contributed by atoms with van der Waals surface area (Å²) >= 11 is 1.33. The van der Waals surface area contributed by atoms with E-state index in [0.717, 1.165) is 16.6 Å². The second kappa shape index (κ2) is 6.96. The number of thiazole rings is 1. The number of halogens is 3. The largest absolute Gasteiger partial charge is 0.417 e. The molecule has 3 aromatic heterocycles. The van der Waals surface area contributed by atoms with Crippen molar-refractivity contribution in [1.82, 2.24) is 19.6 Å². The molecule has 0 saturated carbocycles. The molecular formula is C19H14F3N5OS. The van der Waals surface area contributed by atoms with Crippen molar-refractivity contribution in [3.05, 3.63) is 64.4 Å². The quantitative estimate of drug-likeness (QED) is 0.523. The van der Waals surface area contributed by atoms with Crippen molar-refractivity contribution in [3.8, 4) is 11.3 Å². The van der Waals surface area contributed by atoms with Crippen LogP contribution < -0.4 is 5.32 Å². The third-order valence-electron chi connectivity index (χ3n) is 4.37. The van der Waals surface area contributed by atoms with Crippen molar-refractivity contribution in [2.75, 3.05) is 5.32 Å². The van der Waals surface area contributed by atoms with Crippen molar-refractivity contribution in [2.45, 2.75) is 20.0 Å². The number of fused-ring (bicyclic) bond motifs is 1. The van der Waals surface area contributed by atoms with Gasteiger partial charge in [0, 0.05) is 16.6 Å². The summed E-state index contributed by atoms with van der Waals surface area (Å²) in [5.74, 6) is -0.484. The third kappa shape index (κ3) is 3.58. The number of rotatable bonds is 3. The average Bonchev–Trinajstić information content (AvgIpc) is 3.23. The number of aryl methyl sites for hydroxylation is 2. The number of nitrogens with zero attached hydrogens (tertiary/aromatic N) is 4.